The summed E-state index contributed by atoms with van der Waals surface area (Å²) < 4.78 is 11.4. The molecule has 3 aliphatic heterocycles. The molecule has 0 radical (unpaired) electrons. The highest BCUT2D eigenvalue weighted by Crippen LogP contribution is 2.52. The van der Waals surface area contributed by atoms with Crippen molar-refractivity contribution in [2.75, 3.05) is 11.5 Å². The zero-order chi connectivity index (χ0) is 16.2. The van der Waals surface area contributed by atoms with Crippen molar-refractivity contribution in [3.63, 3.8) is 0 Å². The molecule has 3 heterocycles. The number of benzene rings is 1. The van der Waals surface area contributed by atoms with Crippen LogP contribution in [0.3, 0.4) is 0 Å². The largest absolute Gasteiger partial charge is 0.494 e. The fraction of sp³-hybridized carbons (Fsp3) is 0.444. The first kappa shape index (κ1) is 14.5. The van der Waals surface area contributed by atoms with Gasteiger partial charge in [0.1, 0.15) is 5.75 Å². The summed E-state index contributed by atoms with van der Waals surface area (Å²) in [5.74, 6) is -0.404. The lowest BCUT2D eigenvalue weighted by atomic mass is 9.78. The van der Waals surface area contributed by atoms with Gasteiger partial charge >= 0.3 is 0 Å². The number of imide groups is 1. The van der Waals surface area contributed by atoms with Crippen LogP contribution in [0.4, 0.5) is 5.69 Å². The molecule has 0 aromatic heterocycles. The Labute approximate surface area is 134 Å². The molecule has 0 unspecified atom stereocenters. The van der Waals surface area contributed by atoms with Crippen molar-refractivity contribution >= 4 is 17.5 Å². The third kappa shape index (κ3) is 1.96. The van der Waals surface area contributed by atoms with Gasteiger partial charge in [0, 0.05) is 0 Å². The summed E-state index contributed by atoms with van der Waals surface area (Å²) in [6, 6.07) is 7.12. The SMILES string of the molecule is CCCOc1ccc(N2C(=O)[C@H]3[C@@H](C2=O)[C@@]2(C)C=C[C@H]3O2)cc1. The third-order valence-electron chi connectivity index (χ3n) is 4.90. The van der Waals surface area contributed by atoms with Gasteiger partial charge in [0.05, 0.1) is 35.8 Å². The molecule has 0 saturated carbocycles. The molecule has 1 aromatic rings. The summed E-state index contributed by atoms with van der Waals surface area (Å²) in [4.78, 5) is 26.9. The normalized spacial score (nSPS) is 34.3. The van der Waals surface area contributed by atoms with Crippen LogP contribution in [0.5, 0.6) is 5.75 Å². The van der Waals surface area contributed by atoms with Crippen LogP contribution < -0.4 is 9.64 Å². The molecule has 0 N–H and O–H groups in total. The van der Waals surface area contributed by atoms with Gasteiger partial charge in [-0.3, -0.25) is 9.59 Å². The van der Waals surface area contributed by atoms with Gasteiger partial charge < -0.3 is 9.47 Å². The Morgan fingerprint density at radius 2 is 1.96 bits per heavy atom. The van der Waals surface area contributed by atoms with Crippen molar-refractivity contribution in [1.29, 1.82) is 0 Å². The van der Waals surface area contributed by atoms with Crippen LogP contribution in [0.25, 0.3) is 0 Å². The van der Waals surface area contributed by atoms with Gasteiger partial charge in [0.15, 0.2) is 0 Å². The zero-order valence-corrected chi connectivity index (χ0v) is 13.2. The first-order chi connectivity index (χ1) is 11.0. The van der Waals surface area contributed by atoms with Crippen molar-refractivity contribution in [1.82, 2.24) is 0 Å². The molecular weight excluding hydrogens is 294 g/mol. The number of anilines is 1. The lowest BCUT2D eigenvalue weighted by molar-refractivity contribution is -0.126. The van der Waals surface area contributed by atoms with E-state index < -0.39 is 17.4 Å². The third-order valence-corrected chi connectivity index (χ3v) is 4.90. The van der Waals surface area contributed by atoms with Crippen LogP contribution >= 0.6 is 0 Å². The van der Waals surface area contributed by atoms with Gasteiger partial charge in [-0.25, -0.2) is 4.90 Å². The Kier molecular flexibility index (Phi) is 3.10. The smallest absolute Gasteiger partial charge is 0.241 e. The number of ether oxygens (including phenoxy) is 2. The Balaban J connectivity index is 1.61. The predicted octanol–water partition coefficient (Wildman–Crippen LogP) is 2.31. The molecule has 0 aliphatic carbocycles. The molecule has 5 heteroatoms. The van der Waals surface area contributed by atoms with Crippen molar-refractivity contribution < 1.29 is 19.1 Å². The molecule has 1 aromatic carbocycles. The summed E-state index contributed by atoms with van der Waals surface area (Å²) in [7, 11) is 0. The summed E-state index contributed by atoms with van der Waals surface area (Å²) in [5.41, 5.74) is -0.0534. The minimum atomic E-state index is -0.652. The maximum absolute atomic E-state index is 12.8. The Hall–Kier alpha value is -2.14. The number of rotatable bonds is 4. The molecule has 4 rings (SSSR count). The molecule has 4 atom stereocenters. The van der Waals surface area contributed by atoms with Crippen LogP contribution in [0.2, 0.25) is 0 Å². The predicted molar refractivity (Wildman–Crippen MR) is 84.1 cm³/mol. The summed E-state index contributed by atoms with van der Waals surface area (Å²) in [5, 5.41) is 0. The molecule has 2 fully saturated rings. The zero-order valence-electron chi connectivity index (χ0n) is 13.2. The maximum atomic E-state index is 12.8. The van der Waals surface area contributed by atoms with E-state index in [0.29, 0.717) is 12.3 Å². The second kappa shape index (κ2) is 4.93. The number of hydrogen-bond acceptors (Lipinski definition) is 4. The summed E-state index contributed by atoms with van der Waals surface area (Å²) in [6.45, 7) is 4.57. The van der Waals surface area contributed by atoms with Crippen LogP contribution in [-0.2, 0) is 14.3 Å². The minimum Gasteiger partial charge on any atom is -0.494 e. The first-order valence-electron chi connectivity index (χ1n) is 8.03. The van der Waals surface area contributed by atoms with Crippen molar-refractivity contribution in [2.45, 2.75) is 32.0 Å². The van der Waals surface area contributed by atoms with E-state index in [9.17, 15) is 9.59 Å². The molecule has 5 nitrogen and oxygen atoms in total. The standard InChI is InChI=1S/C18H19NO4/c1-3-10-22-12-6-4-11(5-7-12)19-16(20)14-13-8-9-18(2,23-13)15(14)17(19)21/h4-9,13-15H,3,10H2,1-2H3/t13-,14-,15+,18-/m1/s1. The highest BCUT2D eigenvalue weighted by Gasteiger charge is 2.65. The van der Waals surface area contributed by atoms with E-state index in [0.717, 1.165) is 12.2 Å². The van der Waals surface area contributed by atoms with Gasteiger partial charge in [-0.1, -0.05) is 19.1 Å². The van der Waals surface area contributed by atoms with Crippen molar-refractivity contribution in [3.8, 4) is 5.75 Å². The quantitative estimate of drug-likeness (QED) is 0.632. The molecular formula is C18H19NO4. The number of amides is 2. The van der Waals surface area contributed by atoms with E-state index in [1.807, 2.05) is 26.0 Å². The molecule has 2 bridgehead atoms. The fourth-order valence-corrected chi connectivity index (χ4v) is 3.82. The Morgan fingerprint density at radius 3 is 2.61 bits per heavy atom. The first-order valence-corrected chi connectivity index (χ1v) is 8.03. The van der Waals surface area contributed by atoms with Gasteiger partial charge in [0.25, 0.3) is 0 Å². The molecule has 0 spiro atoms. The van der Waals surface area contributed by atoms with E-state index in [2.05, 4.69) is 0 Å². The number of hydrogen-bond donors (Lipinski definition) is 0. The van der Waals surface area contributed by atoms with Crippen LogP contribution in [0.1, 0.15) is 20.3 Å². The second-order valence-electron chi connectivity index (χ2n) is 6.48. The van der Waals surface area contributed by atoms with Crippen molar-refractivity contribution in [3.05, 3.63) is 36.4 Å². The molecule has 120 valence electrons. The van der Waals surface area contributed by atoms with Crippen molar-refractivity contribution in [2.24, 2.45) is 11.8 Å². The lowest BCUT2D eigenvalue weighted by Gasteiger charge is -2.24. The van der Waals surface area contributed by atoms with Gasteiger partial charge in [-0.05, 0) is 37.6 Å². The van der Waals surface area contributed by atoms with Gasteiger partial charge in [-0.15, -0.1) is 0 Å². The maximum Gasteiger partial charge on any atom is 0.241 e. The highest BCUT2D eigenvalue weighted by molar-refractivity contribution is 6.23. The summed E-state index contributed by atoms with van der Waals surface area (Å²) in [6.07, 6.45) is 4.46. The Morgan fingerprint density at radius 1 is 1.22 bits per heavy atom. The van der Waals surface area contributed by atoms with E-state index >= 15 is 0 Å². The highest BCUT2D eigenvalue weighted by atomic mass is 16.5. The number of nitrogens with zero attached hydrogens (tertiary/aromatic N) is 1. The molecule has 3 aliphatic rings. The summed E-state index contributed by atoms with van der Waals surface area (Å²) >= 11 is 0. The fourth-order valence-electron chi connectivity index (χ4n) is 3.82. The minimum absolute atomic E-state index is 0.166. The van der Waals surface area contributed by atoms with Crippen LogP contribution in [0, 0.1) is 11.8 Å². The topological polar surface area (TPSA) is 55.8 Å². The van der Waals surface area contributed by atoms with Crippen LogP contribution in [0.15, 0.2) is 36.4 Å². The van der Waals surface area contributed by atoms with E-state index in [4.69, 9.17) is 9.47 Å². The number of carbonyl (C=O) groups excluding carboxylic acids is 2. The average molecular weight is 313 g/mol. The molecule has 2 amide bonds. The van der Waals surface area contributed by atoms with E-state index in [1.165, 1.54) is 4.90 Å². The molecule has 23 heavy (non-hydrogen) atoms. The van der Waals surface area contributed by atoms with Gasteiger partial charge in [-0.2, -0.15) is 0 Å². The van der Waals surface area contributed by atoms with Gasteiger partial charge in [0.2, 0.25) is 11.8 Å². The number of carbonyl (C=O) groups is 2. The van der Waals surface area contributed by atoms with E-state index in [-0.39, 0.29) is 17.9 Å². The average Bonchev–Trinajstić information content (AvgIpc) is 3.15. The second-order valence-corrected chi connectivity index (χ2v) is 6.48. The molecule has 2 saturated heterocycles. The Bertz CT molecular complexity index is 695. The lowest BCUT2D eigenvalue weighted by Crippen LogP contribution is -2.38. The monoisotopic (exact) mass is 313 g/mol. The van der Waals surface area contributed by atoms with E-state index in [1.54, 1.807) is 24.3 Å². The van der Waals surface area contributed by atoms with Crippen LogP contribution in [-0.4, -0.2) is 30.1 Å². The number of fused-ring (bicyclic) bond motifs is 5.